The summed E-state index contributed by atoms with van der Waals surface area (Å²) in [4.78, 5) is 17.6. The molecule has 0 atom stereocenters. The standard InChI is InChI=1S/C23H19ClF2N2O3/c24-16-4-3-14(20(26)9-16)13-31-22-6-5-17(25)8-15(22)12-28-7-1-2-18-19(23(29)30)10-27-11-21(18)28/h3-6,8-11H,1-2,7,12-13H2,(H,29,30). The third kappa shape index (κ3) is 4.61. The van der Waals surface area contributed by atoms with Gasteiger partial charge in [-0.25, -0.2) is 13.6 Å². The number of carboxylic acids is 1. The van der Waals surface area contributed by atoms with Crippen LogP contribution >= 0.6 is 11.6 Å². The highest BCUT2D eigenvalue weighted by Gasteiger charge is 2.24. The van der Waals surface area contributed by atoms with Gasteiger partial charge in [0.05, 0.1) is 17.4 Å². The Kier molecular flexibility index (Phi) is 6.04. The van der Waals surface area contributed by atoms with Gasteiger partial charge >= 0.3 is 5.97 Å². The summed E-state index contributed by atoms with van der Waals surface area (Å²) in [6.07, 6.45) is 4.38. The fourth-order valence-electron chi connectivity index (χ4n) is 3.74. The molecule has 1 aliphatic rings. The summed E-state index contributed by atoms with van der Waals surface area (Å²) >= 11 is 5.79. The Balaban J connectivity index is 1.59. The van der Waals surface area contributed by atoms with Gasteiger partial charge in [-0.3, -0.25) is 4.98 Å². The lowest BCUT2D eigenvalue weighted by molar-refractivity contribution is 0.0695. The maximum absolute atomic E-state index is 14.1. The summed E-state index contributed by atoms with van der Waals surface area (Å²) in [6.45, 7) is 0.927. The number of rotatable bonds is 6. The summed E-state index contributed by atoms with van der Waals surface area (Å²) in [6, 6.07) is 8.49. The van der Waals surface area contributed by atoms with E-state index in [9.17, 15) is 18.7 Å². The van der Waals surface area contributed by atoms with Crippen molar-refractivity contribution in [3.63, 3.8) is 0 Å². The summed E-state index contributed by atoms with van der Waals surface area (Å²) < 4.78 is 33.9. The number of pyridine rings is 1. The van der Waals surface area contributed by atoms with Gasteiger partial charge in [-0.05, 0) is 48.7 Å². The van der Waals surface area contributed by atoms with Crippen LogP contribution in [0.25, 0.3) is 0 Å². The topological polar surface area (TPSA) is 62.7 Å². The molecule has 0 bridgehead atoms. The van der Waals surface area contributed by atoms with Gasteiger partial charge in [0.2, 0.25) is 0 Å². The lowest BCUT2D eigenvalue weighted by atomic mass is 9.98. The van der Waals surface area contributed by atoms with Crippen molar-refractivity contribution in [3.8, 4) is 5.75 Å². The Morgan fingerprint density at radius 3 is 2.77 bits per heavy atom. The van der Waals surface area contributed by atoms with Gasteiger partial charge < -0.3 is 14.7 Å². The van der Waals surface area contributed by atoms with Gasteiger partial charge in [0.15, 0.2) is 0 Å². The van der Waals surface area contributed by atoms with E-state index < -0.39 is 17.6 Å². The molecule has 8 heteroatoms. The number of anilines is 1. The quantitative estimate of drug-likeness (QED) is 0.563. The van der Waals surface area contributed by atoms with E-state index in [2.05, 4.69) is 4.98 Å². The van der Waals surface area contributed by atoms with E-state index >= 15 is 0 Å². The van der Waals surface area contributed by atoms with Crippen molar-refractivity contribution >= 4 is 23.3 Å². The first-order chi connectivity index (χ1) is 14.9. The predicted molar refractivity (Wildman–Crippen MR) is 113 cm³/mol. The maximum atomic E-state index is 14.1. The highest BCUT2D eigenvalue weighted by molar-refractivity contribution is 6.30. The Labute approximate surface area is 182 Å². The molecule has 1 N–H and O–H groups in total. The van der Waals surface area contributed by atoms with Crippen LogP contribution in [0.2, 0.25) is 5.02 Å². The molecule has 31 heavy (non-hydrogen) atoms. The highest BCUT2D eigenvalue weighted by Crippen LogP contribution is 2.32. The number of fused-ring (bicyclic) bond motifs is 1. The van der Waals surface area contributed by atoms with Crippen LogP contribution in [0.4, 0.5) is 14.5 Å². The Bertz CT molecular complexity index is 1140. The van der Waals surface area contributed by atoms with Crippen molar-refractivity contribution in [3.05, 3.63) is 87.7 Å². The second-order valence-corrected chi connectivity index (χ2v) is 7.73. The number of nitrogens with zero attached hydrogens (tertiary/aromatic N) is 2. The first kappa shape index (κ1) is 21.1. The van der Waals surface area contributed by atoms with E-state index in [1.165, 1.54) is 30.5 Å². The molecule has 0 saturated heterocycles. The number of hydrogen-bond donors (Lipinski definition) is 1. The molecule has 3 aromatic rings. The largest absolute Gasteiger partial charge is 0.488 e. The van der Waals surface area contributed by atoms with Crippen molar-refractivity contribution in [2.45, 2.75) is 26.0 Å². The fraction of sp³-hybridized carbons (Fsp3) is 0.217. The molecular formula is C23H19ClF2N2O3. The molecule has 160 valence electrons. The smallest absolute Gasteiger partial charge is 0.337 e. The van der Waals surface area contributed by atoms with Gasteiger partial charge in [-0.2, -0.15) is 0 Å². The molecule has 0 fully saturated rings. The van der Waals surface area contributed by atoms with E-state index in [4.69, 9.17) is 16.3 Å². The van der Waals surface area contributed by atoms with E-state index in [1.54, 1.807) is 18.3 Å². The zero-order valence-corrected chi connectivity index (χ0v) is 17.2. The third-order valence-corrected chi connectivity index (χ3v) is 5.48. The van der Waals surface area contributed by atoms with E-state index in [-0.39, 0.29) is 12.2 Å². The molecular weight excluding hydrogens is 426 g/mol. The zero-order valence-electron chi connectivity index (χ0n) is 16.4. The number of aromatic nitrogens is 1. The molecule has 0 saturated carbocycles. The first-order valence-corrected chi connectivity index (χ1v) is 10.1. The Hall–Kier alpha value is -3.19. The van der Waals surface area contributed by atoms with Gasteiger partial charge in [0.1, 0.15) is 24.0 Å². The number of carbonyl (C=O) groups is 1. The zero-order chi connectivity index (χ0) is 22.0. The van der Waals surface area contributed by atoms with Crippen molar-refractivity contribution < 1.29 is 23.4 Å². The summed E-state index contributed by atoms with van der Waals surface area (Å²) in [5.74, 6) is -1.50. The molecule has 5 nitrogen and oxygen atoms in total. The Morgan fingerprint density at radius 1 is 1.16 bits per heavy atom. The number of aromatic carboxylic acids is 1. The SMILES string of the molecule is O=C(O)c1cncc2c1CCCN2Cc1cc(F)ccc1OCc1ccc(Cl)cc1F. The van der Waals surface area contributed by atoms with Crippen LogP contribution in [0.15, 0.2) is 48.8 Å². The minimum Gasteiger partial charge on any atom is -0.488 e. The summed E-state index contributed by atoms with van der Waals surface area (Å²) in [5, 5.41) is 9.74. The van der Waals surface area contributed by atoms with Gasteiger partial charge in [0.25, 0.3) is 0 Å². The average Bonchev–Trinajstić information content (AvgIpc) is 2.74. The molecule has 0 radical (unpaired) electrons. The van der Waals surface area contributed by atoms with Crippen LogP contribution in [0.3, 0.4) is 0 Å². The number of ether oxygens (including phenoxy) is 1. The number of carboxylic acid groups (broad SMARTS) is 1. The van der Waals surface area contributed by atoms with Crippen molar-refractivity contribution in [2.75, 3.05) is 11.4 Å². The van der Waals surface area contributed by atoms with Crippen LogP contribution in [0.1, 0.15) is 33.5 Å². The third-order valence-electron chi connectivity index (χ3n) is 5.24. The van der Waals surface area contributed by atoms with E-state index in [0.717, 1.165) is 12.0 Å². The molecule has 1 aliphatic heterocycles. The molecule has 4 rings (SSSR count). The highest BCUT2D eigenvalue weighted by atomic mass is 35.5. The molecule has 0 amide bonds. The van der Waals surface area contributed by atoms with Crippen molar-refractivity contribution in [1.82, 2.24) is 4.98 Å². The van der Waals surface area contributed by atoms with E-state index in [0.29, 0.717) is 47.1 Å². The molecule has 2 heterocycles. The van der Waals surface area contributed by atoms with E-state index in [1.807, 2.05) is 4.90 Å². The van der Waals surface area contributed by atoms with Crippen LogP contribution in [-0.4, -0.2) is 22.6 Å². The number of hydrogen-bond acceptors (Lipinski definition) is 4. The predicted octanol–water partition coefficient (Wildman–Crippen LogP) is 5.24. The normalized spacial score (nSPS) is 13.1. The number of halogens is 3. The van der Waals surface area contributed by atoms with Crippen LogP contribution in [0, 0.1) is 11.6 Å². The molecule has 0 aliphatic carbocycles. The van der Waals surface area contributed by atoms with Crippen molar-refractivity contribution in [2.24, 2.45) is 0 Å². The number of benzene rings is 2. The van der Waals surface area contributed by atoms with Crippen molar-refractivity contribution in [1.29, 1.82) is 0 Å². The van der Waals surface area contributed by atoms with Crippen LogP contribution in [-0.2, 0) is 19.6 Å². The lowest BCUT2D eigenvalue weighted by Gasteiger charge is -2.32. The van der Waals surface area contributed by atoms with Crippen LogP contribution < -0.4 is 9.64 Å². The maximum Gasteiger partial charge on any atom is 0.337 e. The van der Waals surface area contributed by atoms with Gasteiger partial charge in [-0.1, -0.05) is 17.7 Å². The molecule has 0 spiro atoms. The fourth-order valence-corrected chi connectivity index (χ4v) is 3.90. The molecule has 2 aromatic carbocycles. The summed E-state index contributed by atoms with van der Waals surface area (Å²) in [5.41, 5.74) is 2.51. The second-order valence-electron chi connectivity index (χ2n) is 7.29. The van der Waals surface area contributed by atoms with Gasteiger partial charge in [-0.15, -0.1) is 0 Å². The van der Waals surface area contributed by atoms with Crippen LogP contribution in [0.5, 0.6) is 5.75 Å². The monoisotopic (exact) mass is 444 g/mol. The molecule has 1 aromatic heterocycles. The average molecular weight is 445 g/mol. The summed E-state index contributed by atoms with van der Waals surface area (Å²) in [7, 11) is 0. The Morgan fingerprint density at radius 2 is 2.00 bits per heavy atom. The minimum atomic E-state index is -1.02. The van der Waals surface area contributed by atoms with Gasteiger partial charge in [0, 0.05) is 35.4 Å². The first-order valence-electron chi connectivity index (χ1n) is 9.72. The second kappa shape index (κ2) is 8.89. The molecule has 0 unspecified atom stereocenters. The lowest BCUT2D eigenvalue weighted by Crippen LogP contribution is -2.30. The minimum absolute atomic E-state index is 0.0388.